The predicted molar refractivity (Wildman–Crippen MR) is 83.1 cm³/mol. The van der Waals surface area contributed by atoms with Crippen molar-refractivity contribution < 1.29 is 8.78 Å². The molecule has 1 saturated carbocycles. The van der Waals surface area contributed by atoms with Crippen molar-refractivity contribution in [2.24, 2.45) is 11.3 Å². The van der Waals surface area contributed by atoms with E-state index >= 15 is 0 Å². The van der Waals surface area contributed by atoms with E-state index in [-0.39, 0.29) is 11.5 Å². The Balaban J connectivity index is 2.32. The Morgan fingerprint density at radius 3 is 2.43 bits per heavy atom. The number of hydrogen-bond donors (Lipinski definition) is 1. The van der Waals surface area contributed by atoms with Crippen molar-refractivity contribution in [2.75, 3.05) is 6.54 Å². The summed E-state index contributed by atoms with van der Waals surface area (Å²) in [5.41, 5.74) is 0.952. The molecule has 0 aromatic heterocycles. The molecule has 2 unspecified atom stereocenters. The van der Waals surface area contributed by atoms with Gasteiger partial charge in [-0.3, -0.25) is 0 Å². The van der Waals surface area contributed by atoms with Gasteiger partial charge in [-0.25, -0.2) is 8.78 Å². The molecule has 1 aromatic rings. The molecule has 1 N–H and O–H groups in total. The van der Waals surface area contributed by atoms with Crippen molar-refractivity contribution in [3.63, 3.8) is 0 Å². The number of benzene rings is 1. The van der Waals surface area contributed by atoms with E-state index in [1.165, 1.54) is 31.4 Å². The number of halogens is 2. The Hall–Kier alpha value is -0.960. The minimum atomic E-state index is -0.484. The molecule has 2 atom stereocenters. The largest absolute Gasteiger partial charge is 0.310 e. The molecule has 0 aliphatic heterocycles. The summed E-state index contributed by atoms with van der Waals surface area (Å²) < 4.78 is 27.2. The second-order valence-corrected chi connectivity index (χ2v) is 6.98. The van der Waals surface area contributed by atoms with Crippen LogP contribution >= 0.6 is 0 Å². The zero-order chi connectivity index (χ0) is 15.5. The summed E-state index contributed by atoms with van der Waals surface area (Å²) in [6.07, 6.45) is 5.77. The van der Waals surface area contributed by atoms with Crippen molar-refractivity contribution in [1.29, 1.82) is 0 Å². The van der Waals surface area contributed by atoms with Gasteiger partial charge in [-0.1, -0.05) is 33.6 Å². The van der Waals surface area contributed by atoms with E-state index in [0.717, 1.165) is 31.0 Å². The van der Waals surface area contributed by atoms with Gasteiger partial charge in [0.15, 0.2) is 0 Å². The highest BCUT2D eigenvalue weighted by Gasteiger charge is 2.38. The topological polar surface area (TPSA) is 12.0 Å². The van der Waals surface area contributed by atoms with Gasteiger partial charge in [-0.15, -0.1) is 0 Å². The average Bonchev–Trinajstić information content (AvgIpc) is 2.39. The van der Waals surface area contributed by atoms with Gasteiger partial charge in [0.1, 0.15) is 11.6 Å². The molecule has 118 valence electrons. The summed E-state index contributed by atoms with van der Waals surface area (Å²) in [7, 11) is 0. The summed E-state index contributed by atoms with van der Waals surface area (Å²) in [4.78, 5) is 0. The molecular weight excluding hydrogens is 268 g/mol. The highest BCUT2D eigenvalue weighted by Crippen LogP contribution is 2.46. The predicted octanol–water partition coefficient (Wildman–Crippen LogP) is 5.22. The van der Waals surface area contributed by atoms with E-state index in [2.05, 4.69) is 26.1 Å². The molecule has 1 fully saturated rings. The molecule has 0 spiro atoms. The Bertz CT molecular complexity index is 450. The lowest BCUT2D eigenvalue weighted by Gasteiger charge is -2.44. The van der Waals surface area contributed by atoms with Crippen molar-refractivity contribution in [1.82, 2.24) is 5.32 Å². The smallest absolute Gasteiger partial charge is 0.126 e. The van der Waals surface area contributed by atoms with Crippen LogP contribution in [0.2, 0.25) is 0 Å². The lowest BCUT2D eigenvalue weighted by Crippen LogP contribution is -2.39. The maximum absolute atomic E-state index is 13.6. The van der Waals surface area contributed by atoms with Gasteiger partial charge < -0.3 is 5.32 Å². The maximum atomic E-state index is 13.6. The molecule has 0 amide bonds. The van der Waals surface area contributed by atoms with E-state index in [1.54, 1.807) is 0 Å². The first kappa shape index (κ1) is 16.4. The lowest BCUT2D eigenvalue weighted by atomic mass is 9.64. The third-order valence-corrected chi connectivity index (χ3v) is 4.85. The molecule has 1 aliphatic rings. The van der Waals surface area contributed by atoms with Gasteiger partial charge in [0, 0.05) is 12.1 Å². The van der Waals surface area contributed by atoms with Crippen LogP contribution in [0.3, 0.4) is 0 Å². The van der Waals surface area contributed by atoms with Gasteiger partial charge in [-0.2, -0.15) is 0 Å². The zero-order valence-electron chi connectivity index (χ0n) is 13.4. The van der Waals surface area contributed by atoms with E-state index in [4.69, 9.17) is 0 Å². The molecule has 1 aromatic carbocycles. The zero-order valence-corrected chi connectivity index (χ0v) is 13.4. The first-order valence-electron chi connectivity index (χ1n) is 8.13. The minimum absolute atomic E-state index is 0.0328. The third kappa shape index (κ3) is 4.03. The number of rotatable bonds is 5. The van der Waals surface area contributed by atoms with Crippen LogP contribution < -0.4 is 5.32 Å². The normalized spacial score (nSPS) is 23.0. The number of hydrogen-bond acceptors (Lipinski definition) is 1. The molecular formula is C18H27F2N. The van der Waals surface area contributed by atoms with Crippen LogP contribution in [0, 0.1) is 23.0 Å². The quantitative estimate of drug-likeness (QED) is 0.785. The standard InChI is InChI=1S/C18H27F2N/c1-4-9-21-17(13-10-14(19)12-15(20)11-13)16-7-5-6-8-18(16,2)3/h10-12,16-17,21H,4-9H2,1-3H3. The van der Waals surface area contributed by atoms with E-state index in [1.807, 2.05) is 0 Å². The van der Waals surface area contributed by atoms with Crippen LogP contribution in [0.15, 0.2) is 18.2 Å². The average molecular weight is 295 g/mol. The Morgan fingerprint density at radius 2 is 1.86 bits per heavy atom. The summed E-state index contributed by atoms with van der Waals surface area (Å²) in [5, 5.41) is 3.53. The molecule has 0 saturated heterocycles. The fourth-order valence-corrected chi connectivity index (χ4v) is 3.69. The van der Waals surface area contributed by atoms with Crippen molar-refractivity contribution in [3.05, 3.63) is 35.4 Å². The van der Waals surface area contributed by atoms with E-state index < -0.39 is 11.6 Å². The fraction of sp³-hybridized carbons (Fsp3) is 0.667. The molecule has 1 nitrogen and oxygen atoms in total. The van der Waals surface area contributed by atoms with Crippen molar-refractivity contribution in [3.8, 4) is 0 Å². The molecule has 0 heterocycles. The van der Waals surface area contributed by atoms with Crippen LogP contribution in [0.5, 0.6) is 0 Å². The molecule has 0 radical (unpaired) electrons. The van der Waals surface area contributed by atoms with Crippen LogP contribution in [-0.2, 0) is 0 Å². The molecule has 2 rings (SSSR count). The highest BCUT2D eigenvalue weighted by atomic mass is 19.1. The maximum Gasteiger partial charge on any atom is 0.126 e. The molecule has 21 heavy (non-hydrogen) atoms. The molecule has 0 bridgehead atoms. The van der Waals surface area contributed by atoms with E-state index in [9.17, 15) is 8.78 Å². The van der Waals surface area contributed by atoms with Gasteiger partial charge in [0.25, 0.3) is 0 Å². The summed E-state index contributed by atoms with van der Waals surface area (Å²) in [5.74, 6) is -0.553. The minimum Gasteiger partial charge on any atom is -0.310 e. The monoisotopic (exact) mass is 295 g/mol. The van der Waals surface area contributed by atoms with Gasteiger partial charge in [0.2, 0.25) is 0 Å². The van der Waals surface area contributed by atoms with Crippen LogP contribution in [0.25, 0.3) is 0 Å². The molecule has 1 aliphatic carbocycles. The third-order valence-electron chi connectivity index (χ3n) is 4.85. The summed E-state index contributed by atoms with van der Waals surface area (Å²) in [6.45, 7) is 7.55. The van der Waals surface area contributed by atoms with Crippen molar-refractivity contribution >= 4 is 0 Å². The second kappa shape index (κ2) is 6.87. The highest BCUT2D eigenvalue weighted by molar-refractivity contribution is 5.23. The first-order valence-corrected chi connectivity index (χ1v) is 8.13. The van der Waals surface area contributed by atoms with Crippen LogP contribution in [-0.4, -0.2) is 6.54 Å². The van der Waals surface area contributed by atoms with Crippen LogP contribution in [0.1, 0.15) is 64.5 Å². The van der Waals surface area contributed by atoms with Crippen molar-refractivity contribution in [2.45, 2.75) is 58.9 Å². The molecule has 3 heteroatoms. The SMILES string of the molecule is CCCNC(c1cc(F)cc(F)c1)C1CCCCC1(C)C. The van der Waals surface area contributed by atoms with E-state index in [0.29, 0.717) is 5.92 Å². The van der Waals surface area contributed by atoms with Gasteiger partial charge in [-0.05, 0) is 54.8 Å². The Morgan fingerprint density at radius 1 is 1.19 bits per heavy atom. The van der Waals surface area contributed by atoms with Gasteiger partial charge >= 0.3 is 0 Å². The summed E-state index contributed by atoms with van der Waals surface area (Å²) >= 11 is 0. The first-order chi connectivity index (χ1) is 9.94. The summed E-state index contributed by atoms with van der Waals surface area (Å²) in [6, 6.07) is 3.96. The Kier molecular flexibility index (Phi) is 5.37. The lowest BCUT2D eigenvalue weighted by molar-refractivity contribution is 0.0979. The fourth-order valence-electron chi connectivity index (χ4n) is 3.69. The Labute approximate surface area is 127 Å². The number of nitrogens with one attached hydrogen (secondary N) is 1. The second-order valence-electron chi connectivity index (χ2n) is 6.98. The van der Waals surface area contributed by atoms with Gasteiger partial charge in [0.05, 0.1) is 0 Å². The van der Waals surface area contributed by atoms with Crippen LogP contribution in [0.4, 0.5) is 8.78 Å².